The highest BCUT2D eigenvalue weighted by Gasteiger charge is 2.04. The van der Waals surface area contributed by atoms with Crippen molar-refractivity contribution in [2.75, 3.05) is 14.1 Å². The van der Waals surface area contributed by atoms with Crippen LogP contribution in [0.1, 0.15) is 0 Å². The van der Waals surface area contributed by atoms with Gasteiger partial charge in [0, 0.05) is 31.4 Å². The zero-order valence-corrected chi connectivity index (χ0v) is 6.74. The summed E-state index contributed by atoms with van der Waals surface area (Å²) >= 11 is 0. The van der Waals surface area contributed by atoms with Crippen LogP contribution in [0.25, 0.3) is 0 Å². The summed E-state index contributed by atoms with van der Waals surface area (Å²) in [5.41, 5.74) is 1.73. The molecule has 0 fully saturated rings. The molecule has 0 aromatic carbocycles. The number of nitrogens with zero attached hydrogens (tertiary/aromatic N) is 1. The number of hydrogen-bond acceptors (Lipinski definition) is 2. The van der Waals surface area contributed by atoms with Crippen LogP contribution in [0.4, 0.5) is 0 Å². The minimum Gasteiger partial charge on any atom is -0.383 e. The third kappa shape index (κ3) is 1.80. The van der Waals surface area contributed by atoms with Gasteiger partial charge in [0.2, 0.25) is 0 Å². The van der Waals surface area contributed by atoms with Gasteiger partial charge in [0.05, 0.1) is 0 Å². The summed E-state index contributed by atoms with van der Waals surface area (Å²) in [7, 11) is 3.86. The van der Waals surface area contributed by atoms with Crippen LogP contribution in [-0.2, 0) is 4.79 Å². The van der Waals surface area contributed by atoms with Crippen molar-refractivity contribution in [2.24, 2.45) is 0 Å². The summed E-state index contributed by atoms with van der Waals surface area (Å²) in [4.78, 5) is 12.4. The van der Waals surface area contributed by atoms with Crippen molar-refractivity contribution in [3.8, 4) is 0 Å². The third-order valence-electron chi connectivity index (χ3n) is 1.41. The maximum absolute atomic E-state index is 10.4. The van der Waals surface area contributed by atoms with Crippen LogP contribution in [0.3, 0.4) is 0 Å². The van der Waals surface area contributed by atoms with E-state index in [4.69, 9.17) is 0 Å². The lowest BCUT2D eigenvalue weighted by Gasteiger charge is -2.05. The van der Waals surface area contributed by atoms with E-state index < -0.39 is 0 Å². The summed E-state index contributed by atoms with van der Waals surface area (Å²) in [5, 5.41) is 0. The van der Waals surface area contributed by atoms with Gasteiger partial charge in [0.25, 0.3) is 0 Å². The zero-order chi connectivity index (χ0) is 8.27. The highest BCUT2D eigenvalue weighted by Crippen LogP contribution is 2.15. The van der Waals surface area contributed by atoms with E-state index in [-0.39, 0.29) is 0 Å². The van der Waals surface area contributed by atoms with Gasteiger partial charge >= 0.3 is 0 Å². The lowest BCUT2D eigenvalue weighted by Crippen LogP contribution is -2.02. The minimum absolute atomic E-state index is 0.749. The molecular formula is C9H11NO. The van der Waals surface area contributed by atoms with Gasteiger partial charge in [-0.1, -0.05) is 18.2 Å². The van der Waals surface area contributed by atoms with Crippen LogP contribution in [0, 0.1) is 0 Å². The quantitative estimate of drug-likeness (QED) is 0.548. The van der Waals surface area contributed by atoms with Crippen molar-refractivity contribution in [3.63, 3.8) is 0 Å². The predicted octanol–water partition coefficient (Wildman–Crippen LogP) is 1.13. The van der Waals surface area contributed by atoms with Gasteiger partial charge in [-0.3, -0.25) is 4.79 Å². The molecule has 0 aromatic rings. The van der Waals surface area contributed by atoms with Crippen molar-refractivity contribution in [1.82, 2.24) is 4.90 Å². The minimum atomic E-state index is 0.749. The smallest absolute Gasteiger partial charge is 0.150 e. The Labute approximate surface area is 66.5 Å². The first-order valence-electron chi connectivity index (χ1n) is 3.46. The first kappa shape index (κ1) is 7.79. The van der Waals surface area contributed by atoms with Gasteiger partial charge in [0.1, 0.15) is 0 Å². The standard InChI is InChI=1S/C9H11NO/c1-10(2)6-8-4-3-5-9(8)7-11/h3-7H,1-2H3. The summed E-state index contributed by atoms with van der Waals surface area (Å²) in [5.74, 6) is 0. The van der Waals surface area contributed by atoms with Gasteiger partial charge in [-0.25, -0.2) is 0 Å². The highest BCUT2D eigenvalue weighted by atomic mass is 16.1. The summed E-state index contributed by atoms with van der Waals surface area (Å²) in [6.07, 6.45) is 8.39. The van der Waals surface area contributed by atoms with Gasteiger partial charge in [-0.15, -0.1) is 0 Å². The molecule has 0 spiro atoms. The van der Waals surface area contributed by atoms with Crippen LogP contribution < -0.4 is 0 Å². The predicted molar refractivity (Wildman–Crippen MR) is 45.1 cm³/mol. The molecule has 0 amide bonds. The number of rotatable bonds is 2. The van der Waals surface area contributed by atoms with Gasteiger partial charge in [-0.05, 0) is 0 Å². The van der Waals surface area contributed by atoms with Crippen molar-refractivity contribution < 1.29 is 4.79 Å². The SMILES string of the molecule is CN(C)C=C1C=CC=C1C=O. The first-order chi connectivity index (χ1) is 5.24. The maximum atomic E-state index is 10.4. The molecule has 0 radical (unpaired) electrons. The number of allylic oxidation sites excluding steroid dienone is 5. The van der Waals surface area contributed by atoms with Crippen molar-refractivity contribution >= 4 is 6.29 Å². The third-order valence-corrected chi connectivity index (χ3v) is 1.41. The lowest BCUT2D eigenvalue weighted by atomic mass is 10.2. The van der Waals surface area contributed by atoms with E-state index in [1.54, 1.807) is 0 Å². The molecule has 1 aliphatic carbocycles. The molecular weight excluding hydrogens is 138 g/mol. The number of hydrogen-bond donors (Lipinski definition) is 0. The second-order valence-electron chi connectivity index (χ2n) is 2.65. The monoisotopic (exact) mass is 149 g/mol. The lowest BCUT2D eigenvalue weighted by molar-refractivity contribution is -0.104. The Bertz CT molecular complexity index is 246. The molecule has 0 aliphatic heterocycles. The largest absolute Gasteiger partial charge is 0.383 e. The highest BCUT2D eigenvalue weighted by molar-refractivity contribution is 5.84. The number of carbonyl (C=O) groups is 1. The Morgan fingerprint density at radius 3 is 2.73 bits per heavy atom. The Morgan fingerprint density at radius 1 is 1.45 bits per heavy atom. The molecule has 0 aromatic heterocycles. The molecule has 11 heavy (non-hydrogen) atoms. The molecule has 0 unspecified atom stereocenters. The van der Waals surface area contributed by atoms with Crippen LogP contribution in [0.5, 0.6) is 0 Å². The van der Waals surface area contributed by atoms with Gasteiger partial charge in [-0.2, -0.15) is 0 Å². The second kappa shape index (κ2) is 3.19. The molecule has 1 aliphatic rings. The zero-order valence-electron chi connectivity index (χ0n) is 6.74. The van der Waals surface area contributed by atoms with E-state index in [0.717, 1.165) is 17.4 Å². The van der Waals surface area contributed by atoms with Gasteiger partial charge < -0.3 is 4.90 Å². The van der Waals surface area contributed by atoms with Crippen molar-refractivity contribution in [1.29, 1.82) is 0 Å². The fourth-order valence-corrected chi connectivity index (χ4v) is 0.951. The molecule has 1 rings (SSSR count). The Balaban J connectivity index is 2.82. The van der Waals surface area contributed by atoms with E-state index in [0.29, 0.717) is 0 Å². The second-order valence-corrected chi connectivity index (χ2v) is 2.65. The van der Waals surface area contributed by atoms with Crippen LogP contribution in [-0.4, -0.2) is 25.3 Å². The molecule has 2 heteroatoms. The van der Waals surface area contributed by atoms with E-state index in [1.807, 2.05) is 43.4 Å². The average molecular weight is 149 g/mol. The van der Waals surface area contributed by atoms with Crippen molar-refractivity contribution in [2.45, 2.75) is 0 Å². The van der Waals surface area contributed by atoms with Crippen LogP contribution >= 0.6 is 0 Å². The fourth-order valence-electron chi connectivity index (χ4n) is 0.951. The van der Waals surface area contributed by atoms with Gasteiger partial charge in [0.15, 0.2) is 6.29 Å². The summed E-state index contributed by atoms with van der Waals surface area (Å²) in [6, 6.07) is 0. The molecule has 0 N–H and O–H groups in total. The Morgan fingerprint density at radius 2 is 2.18 bits per heavy atom. The van der Waals surface area contributed by atoms with E-state index in [1.165, 1.54) is 0 Å². The number of aldehydes is 1. The Hall–Kier alpha value is -1.31. The van der Waals surface area contributed by atoms with Crippen LogP contribution in [0.15, 0.2) is 35.6 Å². The average Bonchev–Trinajstić information content (AvgIpc) is 2.34. The molecule has 0 heterocycles. The molecule has 0 bridgehead atoms. The van der Waals surface area contributed by atoms with Crippen molar-refractivity contribution in [3.05, 3.63) is 35.6 Å². The molecule has 2 nitrogen and oxygen atoms in total. The fraction of sp³-hybridized carbons (Fsp3) is 0.222. The number of carbonyl (C=O) groups excluding carboxylic acids is 1. The summed E-state index contributed by atoms with van der Waals surface area (Å²) in [6.45, 7) is 0. The molecule has 0 saturated heterocycles. The molecule has 58 valence electrons. The summed E-state index contributed by atoms with van der Waals surface area (Å²) < 4.78 is 0. The Kier molecular flexibility index (Phi) is 2.26. The van der Waals surface area contributed by atoms with E-state index in [9.17, 15) is 4.79 Å². The normalized spacial score (nSPS) is 18.7. The van der Waals surface area contributed by atoms with E-state index in [2.05, 4.69) is 0 Å². The first-order valence-corrected chi connectivity index (χ1v) is 3.46. The molecule has 0 atom stereocenters. The topological polar surface area (TPSA) is 20.3 Å². The molecule has 0 saturated carbocycles. The maximum Gasteiger partial charge on any atom is 0.150 e. The van der Waals surface area contributed by atoms with E-state index >= 15 is 0 Å². The van der Waals surface area contributed by atoms with Crippen LogP contribution in [0.2, 0.25) is 0 Å².